The quantitative estimate of drug-likeness (QED) is 0.748. The summed E-state index contributed by atoms with van der Waals surface area (Å²) in [6.07, 6.45) is 0.577. The summed E-state index contributed by atoms with van der Waals surface area (Å²) in [5.41, 5.74) is 1.19. The SMILES string of the molecule is CN(CCCNC(=O)C1CNCCO1)c1ccccc1. The Labute approximate surface area is 120 Å². The summed E-state index contributed by atoms with van der Waals surface area (Å²) in [4.78, 5) is 14.0. The Hall–Kier alpha value is -1.59. The van der Waals surface area contributed by atoms with Crippen LogP contribution < -0.4 is 15.5 Å². The van der Waals surface area contributed by atoms with E-state index in [0.29, 0.717) is 19.7 Å². The van der Waals surface area contributed by atoms with Gasteiger partial charge in [0, 0.05) is 38.9 Å². The van der Waals surface area contributed by atoms with Crippen LogP contribution in [0, 0.1) is 0 Å². The molecule has 1 unspecified atom stereocenters. The van der Waals surface area contributed by atoms with Gasteiger partial charge >= 0.3 is 0 Å². The third kappa shape index (κ3) is 4.51. The molecule has 0 aliphatic carbocycles. The highest BCUT2D eigenvalue weighted by molar-refractivity contribution is 5.81. The molecule has 110 valence electrons. The fourth-order valence-corrected chi connectivity index (χ4v) is 2.19. The number of amides is 1. The minimum atomic E-state index is -0.337. The Balaban J connectivity index is 1.62. The first-order valence-corrected chi connectivity index (χ1v) is 7.13. The molecule has 0 radical (unpaired) electrons. The molecule has 0 bridgehead atoms. The van der Waals surface area contributed by atoms with Gasteiger partial charge in [-0.25, -0.2) is 0 Å². The second-order valence-electron chi connectivity index (χ2n) is 4.97. The zero-order valence-corrected chi connectivity index (χ0v) is 12.0. The Bertz CT molecular complexity index is 405. The fraction of sp³-hybridized carbons (Fsp3) is 0.533. The van der Waals surface area contributed by atoms with Crippen molar-refractivity contribution >= 4 is 11.6 Å². The van der Waals surface area contributed by atoms with Crippen LogP contribution in [0.5, 0.6) is 0 Å². The van der Waals surface area contributed by atoms with E-state index in [-0.39, 0.29) is 12.0 Å². The van der Waals surface area contributed by atoms with Crippen LogP contribution in [0.3, 0.4) is 0 Å². The lowest BCUT2D eigenvalue weighted by atomic mass is 10.2. The van der Waals surface area contributed by atoms with Gasteiger partial charge in [0.2, 0.25) is 5.91 Å². The highest BCUT2D eigenvalue weighted by atomic mass is 16.5. The standard InChI is InChI=1S/C15H23N3O2/c1-18(13-6-3-2-4-7-13)10-5-8-17-15(19)14-12-16-9-11-20-14/h2-4,6-7,14,16H,5,8-12H2,1H3,(H,17,19). The van der Waals surface area contributed by atoms with Gasteiger partial charge in [0.05, 0.1) is 6.61 Å². The van der Waals surface area contributed by atoms with Crippen LogP contribution >= 0.6 is 0 Å². The van der Waals surface area contributed by atoms with E-state index in [4.69, 9.17) is 4.74 Å². The number of hydrogen-bond donors (Lipinski definition) is 2. The molecule has 20 heavy (non-hydrogen) atoms. The molecule has 2 rings (SSSR count). The van der Waals surface area contributed by atoms with E-state index in [9.17, 15) is 4.79 Å². The van der Waals surface area contributed by atoms with Gasteiger partial charge < -0.3 is 20.3 Å². The van der Waals surface area contributed by atoms with Gasteiger partial charge in [-0.05, 0) is 18.6 Å². The maximum atomic E-state index is 11.8. The molecule has 5 nitrogen and oxygen atoms in total. The molecular formula is C15H23N3O2. The number of anilines is 1. The van der Waals surface area contributed by atoms with Crippen molar-refractivity contribution in [1.29, 1.82) is 0 Å². The first kappa shape index (κ1) is 14.8. The number of morpholine rings is 1. The van der Waals surface area contributed by atoms with Gasteiger partial charge in [-0.3, -0.25) is 4.79 Å². The summed E-state index contributed by atoms with van der Waals surface area (Å²) in [5.74, 6) is -0.0143. The number of carbonyl (C=O) groups is 1. The summed E-state index contributed by atoms with van der Waals surface area (Å²) in [6, 6.07) is 10.2. The van der Waals surface area contributed by atoms with Gasteiger partial charge in [0.1, 0.15) is 6.10 Å². The molecule has 0 spiro atoms. The van der Waals surface area contributed by atoms with Crippen LogP contribution in [0.4, 0.5) is 5.69 Å². The van der Waals surface area contributed by atoms with E-state index in [1.807, 2.05) is 18.2 Å². The van der Waals surface area contributed by atoms with E-state index >= 15 is 0 Å². The van der Waals surface area contributed by atoms with Crippen molar-refractivity contribution in [2.75, 3.05) is 44.7 Å². The normalized spacial score (nSPS) is 18.6. The zero-order chi connectivity index (χ0) is 14.2. The maximum absolute atomic E-state index is 11.8. The number of para-hydroxylation sites is 1. The first-order valence-electron chi connectivity index (χ1n) is 7.13. The maximum Gasteiger partial charge on any atom is 0.250 e. The Morgan fingerprint density at radius 3 is 2.95 bits per heavy atom. The second kappa shape index (κ2) is 7.87. The molecule has 0 aromatic heterocycles. The van der Waals surface area contributed by atoms with Crippen LogP contribution in [0.15, 0.2) is 30.3 Å². The van der Waals surface area contributed by atoms with Crippen LogP contribution in [0.2, 0.25) is 0 Å². The van der Waals surface area contributed by atoms with Gasteiger partial charge in [-0.1, -0.05) is 18.2 Å². The topological polar surface area (TPSA) is 53.6 Å². The Morgan fingerprint density at radius 2 is 2.25 bits per heavy atom. The summed E-state index contributed by atoms with van der Waals surface area (Å²) in [5, 5.41) is 6.08. The molecule has 1 fully saturated rings. The molecule has 1 aliphatic rings. The lowest BCUT2D eigenvalue weighted by molar-refractivity contribution is -0.134. The molecule has 1 aromatic carbocycles. The molecule has 1 atom stereocenters. The molecule has 1 aromatic rings. The van der Waals surface area contributed by atoms with Crippen molar-refractivity contribution in [3.8, 4) is 0 Å². The van der Waals surface area contributed by atoms with Gasteiger partial charge in [0.15, 0.2) is 0 Å². The molecule has 5 heteroatoms. The van der Waals surface area contributed by atoms with E-state index in [1.165, 1.54) is 5.69 Å². The summed E-state index contributed by atoms with van der Waals surface area (Å²) in [6.45, 7) is 3.63. The van der Waals surface area contributed by atoms with Crippen molar-refractivity contribution < 1.29 is 9.53 Å². The highest BCUT2D eigenvalue weighted by Gasteiger charge is 2.20. The zero-order valence-electron chi connectivity index (χ0n) is 12.0. The predicted octanol–water partition coefficient (Wildman–Crippen LogP) is 0.618. The number of ether oxygens (including phenoxy) is 1. The number of benzene rings is 1. The monoisotopic (exact) mass is 277 g/mol. The van der Waals surface area contributed by atoms with Crippen LogP contribution in [-0.4, -0.2) is 51.8 Å². The van der Waals surface area contributed by atoms with Crippen molar-refractivity contribution in [2.24, 2.45) is 0 Å². The van der Waals surface area contributed by atoms with Crippen molar-refractivity contribution in [3.63, 3.8) is 0 Å². The average Bonchev–Trinajstić information content (AvgIpc) is 2.53. The van der Waals surface area contributed by atoms with Crippen molar-refractivity contribution in [1.82, 2.24) is 10.6 Å². The van der Waals surface area contributed by atoms with Crippen LogP contribution in [-0.2, 0) is 9.53 Å². The fourth-order valence-electron chi connectivity index (χ4n) is 2.19. The number of rotatable bonds is 6. The van der Waals surface area contributed by atoms with Gasteiger partial charge in [-0.15, -0.1) is 0 Å². The Kier molecular flexibility index (Phi) is 5.83. The van der Waals surface area contributed by atoms with Gasteiger partial charge in [0.25, 0.3) is 0 Å². The van der Waals surface area contributed by atoms with Crippen molar-refractivity contribution in [2.45, 2.75) is 12.5 Å². The summed E-state index contributed by atoms with van der Waals surface area (Å²) >= 11 is 0. The lowest BCUT2D eigenvalue weighted by Gasteiger charge is -2.23. The molecule has 1 heterocycles. The lowest BCUT2D eigenvalue weighted by Crippen LogP contribution is -2.48. The smallest absolute Gasteiger partial charge is 0.250 e. The molecule has 1 saturated heterocycles. The first-order chi connectivity index (χ1) is 9.77. The number of nitrogens with one attached hydrogen (secondary N) is 2. The number of hydrogen-bond acceptors (Lipinski definition) is 4. The minimum absolute atomic E-state index is 0.0143. The molecule has 1 amide bonds. The molecule has 1 aliphatic heterocycles. The minimum Gasteiger partial charge on any atom is -0.375 e. The molecule has 0 saturated carbocycles. The van der Waals surface area contributed by atoms with E-state index in [1.54, 1.807) is 0 Å². The van der Waals surface area contributed by atoms with E-state index in [0.717, 1.165) is 19.5 Å². The van der Waals surface area contributed by atoms with Crippen LogP contribution in [0.25, 0.3) is 0 Å². The third-order valence-corrected chi connectivity index (χ3v) is 3.39. The third-order valence-electron chi connectivity index (χ3n) is 3.39. The van der Waals surface area contributed by atoms with E-state index < -0.39 is 0 Å². The summed E-state index contributed by atoms with van der Waals surface area (Å²) in [7, 11) is 2.06. The average molecular weight is 277 g/mol. The Morgan fingerprint density at radius 1 is 1.45 bits per heavy atom. The van der Waals surface area contributed by atoms with E-state index in [2.05, 4.69) is 34.7 Å². The van der Waals surface area contributed by atoms with Crippen molar-refractivity contribution in [3.05, 3.63) is 30.3 Å². The second-order valence-corrected chi connectivity index (χ2v) is 4.97. The largest absolute Gasteiger partial charge is 0.375 e. The number of carbonyl (C=O) groups excluding carboxylic acids is 1. The molecular weight excluding hydrogens is 254 g/mol. The highest BCUT2D eigenvalue weighted by Crippen LogP contribution is 2.10. The number of nitrogens with zero attached hydrogens (tertiary/aromatic N) is 1. The molecule has 2 N–H and O–H groups in total. The van der Waals surface area contributed by atoms with Gasteiger partial charge in [-0.2, -0.15) is 0 Å². The van der Waals surface area contributed by atoms with Crippen LogP contribution in [0.1, 0.15) is 6.42 Å². The predicted molar refractivity (Wildman–Crippen MR) is 79.9 cm³/mol. The summed E-state index contributed by atoms with van der Waals surface area (Å²) < 4.78 is 5.40.